The van der Waals surface area contributed by atoms with Crippen molar-refractivity contribution in [2.24, 2.45) is 0 Å². The zero-order chi connectivity index (χ0) is 20.4. The number of amides is 2. The molecule has 8 nitrogen and oxygen atoms in total. The van der Waals surface area contributed by atoms with Gasteiger partial charge in [0.2, 0.25) is 11.7 Å². The average molecular weight is 396 g/mol. The summed E-state index contributed by atoms with van der Waals surface area (Å²) in [7, 11) is 1.55. The van der Waals surface area contributed by atoms with E-state index in [4.69, 9.17) is 18.9 Å². The molecule has 4 rings (SSSR count). The number of benzene rings is 2. The molecule has 0 aromatic heterocycles. The van der Waals surface area contributed by atoms with Gasteiger partial charge in [-0.2, -0.15) is 0 Å². The highest BCUT2D eigenvalue weighted by molar-refractivity contribution is 6.03. The number of ether oxygens (including phenoxy) is 4. The van der Waals surface area contributed by atoms with E-state index in [1.54, 1.807) is 50.4 Å². The van der Waals surface area contributed by atoms with Crippen molar-refractivity contribution in [3.63, 3.8) is 0 Å². The Kier molecular flexibility index (Phi) is 4.99. The standard InChI is InChI=1S/C21H20N2O6/c1-12-21(25)23-15-11-14(4-5-16(15)29-12)22-19(24)6-3-13-9-17(26-2)20-18(10-13)27-7-8-28-20/h3-6,9-12H,7-8H2,1-2H3,(H,22,24)(H,23,25)/b6-3+/t12-/m1/s1. The van der Waals surface area contributed by atoms with Gasteiger partial charge >= 0.3 is 0 Å². The number of carbonyl (C=O) groups is 2. The fourth-order valence-corrected chi connectivity index (χ4v) is 3.03. The SMILES string of the molecule is COc1cc(/C=C/C(=O)Nc2ccc3c(c2)NC(=O)[C@@H](C)O3)cc2c1OCCO2. The zero-order valence-corrected chi connectivity index (χ0v) is 16.0. The van der Waals surface area contributed by atoms with Gasteiger partial charge in [-0.1, -0.05) is 0 Å². The van der Waals surface area contributed by atoms with Gasteiger partial charge in [0, 0.05) is 11.8 Å². The summed E-state index contributed by atoms with van der Waals surface area (Å²) in [4.78, 5) is 24.0. The molecule has 2 aromatic rings. The Morgan fingerprint density at radius 1 is 1.21 bits per heavy atom. The molecule has 2 aliphatic rings. The molecule has 8 heteroatoms. The van der Waals surface area contributed by atoms with Gasteiger partial charge in [-0.05, 0) is 48.9 Å². The first-order chi connectivity index (χ1) is 14.0. The number of fused-ring (bicyclic) bond motifs is 2. The van der Waals surface area contributed by atoms with Crippen LogP contribution in [0.1, 0.15) is 12.5 Å². The van der Waals surface area contributed by atoms with Gasteiger partial charge in [0.15, 0.2) is 17.6 Å². The van der Waals surface area contributed by atoms with Gasteiger partial charge in [0.1, 0.15) is 19.0 Å². The molecule has 2 N–H and O–H groups in total. The summed E-state index contributed by atoms with van der Waals surface area (Å²) >= 11 is 0. The molecule has 0 unspecified atom stereocenters. The lowest BCUT2D eigenvalue weighted by atomic mass is 10.1. The largest absolute Gasteiger partial charge is 0.493 e. The maximum atomic E-state index is 12.3. The summed E-state index contributed by atoms with van der Waals surface area (Å²) < 4.78 is 22.0. The molecule has 2 heterocycles. The van der Waals surface area contributed by atoms with Gasteiger partial charge in [-0.25, -0.2) is 0 Å². The summed E-state index contributed by atoms with van der Waals surface area (Å²) in [6, 6.07) is 8.62. The van der Waals surface area contributed by atoms with Crippen LogP contribution in [-0.4, -0.2) is 38.2 Å². The van der Waals surface area contributed by atoms with E-state index < -0.39 is 6.10 Å². The first kappa shape index (κ1) is 18.7. The van der Waals surface area contributed by atoms with Gasteiger partial charge < -0.3 is 29.6 Å². The highest BCUT2D eigenvalue weighted by Crippen LogP contribution is 2.40. The van der Waals surface area contributed by atoms with Crippen molar-refractivity contribution in [1.82, 2.24) is 0 Å². The van der Waals surface area contributed by atoms with Gasteiger partial charge in [-0.15, -0.1) is 0 Å². The summed E-state index contributed by atoms with van der Waals surface area (Å²) in [5.74, 6) is 1.70. The quantitative estimate of drug-likeness (QED) is 0.772. The van der Waals surface area contributed by atoms with Crippen molar-refractivity contribution in [3.8, 4) is 23.0 Å². The van der Waals surface area contributed by atoms with Crippen molar-refractivity contribution in [3.05, 3.63) is 42.0 Å². The third kappa shape index (κ3) is 3.96. The van der Waals surface area contributed by atoms with Crippen LogP contribution in [0.25, 0.3) is 6.08 Å². The van der Waals surface area contributed by atoms with E-state index in [0.717, 1.165) is 5.56 Å². The number of nitrogens with one attached hydrogen (secondary N) is 2. The third-order valence-electron chi connectivity index (χ3n) is 4.46. The summed E-state index contributed by atoms with van der Waals surface area (Å²) in [6.07, 6.45) is 2.51. The maximum absolute atomic E-state index is 12.3. The van der Waals surface area contributed by atoms with Crippen LogP contribution in [0.15, 0.2) is 36.4 Å². The molecule has 1 atom stereocenters. The number of hydrogen-bond donors (Lipinski definition) is 2. The Morgan fingerprint density at radius 2 is 2.03 bits per heavy atom. The minimum atomic E-state index is -0.547. The molecule has 2 aromatic carbocycles. The number of anilines is 2. The lowest BCUT2D eigenvalue weighted by molar-refractivity contribution is -0.122. The van der Waals surface area contributed by atoms with Gasteiger partial charge in [-0.3, -0.25) is 9.59 Å². The summed E-state index contributed by atoms with van der Waals surface area (Å²) in [6.45, 7) is 2.60. The van der Waals surface area contributed by atoms with Crippen LogP contribution in [-0.2, 0) is 9.59 Å². The smallest absolute Gasteiger partial charge is 0.265 e. The first-order valence-corrected chi connectivity index (χ1v) is 9.12. The van der Waals surface area contributed by atoms with Crippen LogP contribution in [0.2, 0.25) is 0 Å². The molecular weight excluding hydrogens is 376 g/mol. The van der Waals surface area contributed by atoms with Crippen LogP contribution in [0.5, 0.6) is 23.0 Å². The molecule has 29 heavy (non-hydrogen) atoms. The predicted molar refractivity (Wildman–Crippen MR) is 107 cm³/mol. The Hall–Kier alpha value is -3.68. The third-order valence-corrected chi connectivity index (χ3v) is 4.46. The molecule has 0 aliphatic carbocycles. The monoisotopic (exact) mass is 396 g/mol. The Morgan fingerprint density at radius 3 is 2.86 bits per heavy atom. The lowest BCUT2D eigenvalue weighted by Crippen LogP contribution is -2.34. The van der Waals surface area contributed by atoms with Gasteiger partial charge in [0.25, 0.3) is 5.91 Å². The fraction of sp³-hybridized carbons (Fsp3) is 0.238. The lowest BCUT2D eigenvalue weighted by Gasteiger charge is -2.23. The van der Waals surface area contributed by atoms with Crippen molar-refractivity contribution in [1.29, 1.82) is 0 Å². The molecule has 0 bridgehead atoms. The molecular formula is C21H20N2O6. The molecule has 0 spiro atoms. The van der Waals surface area contributed by atoms with E-state index in [1.807, 2.05) is 0 Å². The first-order valence-electron chi connectivity index (χ1n) is 9.12. The number of carbonyl (C=O) groups excluding carboxylic acids is 2. The predicted octanol–water partition coefficient (Wildman–Crippen LogP) is 2.84. The van der Waals surface area contributed by atoms with Gasteiger partial charge in [0.05, 0.1) is 12.8 Å². The van der Waals surface area contributed by atoms with Crippen LogP contribution < -0.4 is 29.6 Å². The zero-order valence-electron chi connectivity index (χ0n) is 16.0. The van der Waals surface area contributed by atoms with Crippen molar-refractivity contribution >= 4 is 29.3 Å². The maximum Gasteiger partial charge on any atom is 0.265 e. The molecule has 0 saturated carbocycles. The van der Waals surface area contributed by atoms with Crippen molar-refractivity contribution < 1.29 is 28.5 Å². The Bertz CT molecular complexity index is 984. The number of methoxy groups -OCH3 is 1. The molecule has 0 fully saturated rings. The normalized spacial score (nSPS) is 17.2. The average Bonchev–Trinajstić information content (AvgIpc) is 2.72. The number of hydrogen-bond acceptors (Lipinski definition) is 6. The van der Waals surface area contributed by atoms with E-state index in [9.17, 15) is 9.59 Å². The summed E-state index contributed by atoms with van der Waals surface area (Å²) in [5.41, 5.74) is 1.80. The van der Waals surface area contributed by atoms with Crippen molar-refractivity contribution in [2.45, 2.75) is 13.0 Å². The Balaban J connectivity index is 1.47. The topological polar surface area (TPSA) is 95.1 Å². The van der Waals surface area contributed by atoms with Crippen LogP contribution in [0.4, 0.5) is 11.4 Å². The van der Waals surface area contributed by atoms with Crippen molar-refractivity contribution in [2.75, 3.05) is 31.0 Å². The fourth-order valence-electron chi connectivity index (χ4n) is 3.03. The number of rotatable bonds is 4. The molecule has 0 saturated heterocycles. The second-order valence-corrected chi connectivity index (χ2v) is 6.53. The second-order valence-electron chi connectivity index (χ2n) is 6.53. The van der Waals surface area contributed by atoms with Crippen LogP contribution in [0, 0.1) is 0 Å². The minimum absolute atomic E-state index is 0.228. The highest BCUT2D eigenvalue weighted by Gasteiger charge is 2.23. The summed E-state index contributed by atoms with van der Waals surface area (Å²) in [5, 5.41) is 5.51. The second kappa shape index (κ2) is 7.75. The Labute approximate surface area is 167 Å². The molecule has 0 radical (unpaired) electrons. The van der Waals surface area contributed by atoms with Crippen LogP contribution >= 0.6 is 0 Å². The van der Waals surface area contributed by atoms with Crippen LogP contribution in [0.3, 0.4) is 0 Å². The molecule has 2 aliphatic heterocycles. The van der Waals surface area contributed by atoms with E-state index in [1.165, 1.54) is 6.08 Å². The van der Waals surface area contributed by atoms with E-state index in [-0.39, 0.29) is 11.8 Å². The molecule has 2 amide bonds. The molecule has 150 valence electrons. The van der Waals surface area contributed by atoms with E-state index in [2.05, 4.69) is 10.6 Å². The van der Waals surface area contributed by atoms with E-state index >= 15 is 0 Å². The minimum Gasteiger partial charge on any atom is -0.493 e. The highest BCUT2D eigenvalue weighted by atomic mass is 16.6. The van der Waals surface area contributed by atoms with E-state index in [0.29, 0.717) is 47.6 Å².